The zero-order valence-electron chi connectivity index (χ0n) is 15.0. The number of furan rings is 1. The summed E-state index contributed by atoms with van der Waals surface area (Å²) in [5.74, 6) is 0.706. The van der Waals surface area contributed by atoms with Gasteiger partial charge in [0.1, 0.15) is 11.2 Å². The van der Waals surface area contributed by atoms with E-state index in [4.69, 9.17) is 4.42 Å². The maximum absolute atomic E-state index is 12.3. The molecule has 1 amide bonds. The van der Waals surface area contributed by atoms with Crippen LogP contribution in [0.5, 0.6) is 0 Å². The van der Waals surface area contributed by atoms with Crippen molar-refractivity contribution in [3.63, 3.8) is 0 Å². The summed E-state index contributed by atoms with van der Waals surface area (Å²) >= 11 is 0. The molecule has 0 radical (unpaired) electrons. The van der Waals surface area contributed by atoms with Crippen molar-refractivity contribution in [1.29, 1.82) is 0 Å². The highest BCUT2D eigenvalue weighted by Crippen LogP contribution is 2.32. The van der Waals surface area contributed by atoms with E-state index in [1.165, 1.54) is 16.3 Å². The molecule has 134 valence electrons. The lowest BCUT2D eigenvalue weighted by molar-refractivity contribution is -0.132. The van der Waals surface area contributed by atoms with Gasteiger partial charge in [-0.15, -0.1) is 0 Å². The molecular weight excluding hydrogens is 324 g/mol. The summed E-state index contributed by atoms with van der Waals surface area (Å²) < 4.78 is 6.16. The number of hydrogen-bond donors (Lipinski definition) is 0. The fourth-order valence-corrected chi connectivity index (χ4v) is 4.11. The van der Waals surface area contributed by atoms with Crippen molar-refractivity contribution in [3.8, 4) is 0 Å². The maximum Gasteiger partial charge on any atom is 0.225 e. The Kier molecular flexibility index (Phi) is 3.93. The summed E-state index contributed by atoms with van der Waals surface area (Å²) in [7, 11) is 0. The zero-order chi connectivity index (χ0) is 17.5. The Bertz CT molecular complexity index is 957. The Hall–Kier alpha value is -2.33. The third kappa shape index (κ3) is 2.88. The number of carbonyl (C=O) groups excluding carboxylic acids is 1. The van der Waals surface area contributed by atoms with Crippen LogP contribution in [-0.2, 0) is 11.3 Å². The molecule has 4 heteroatoms. The fourth-order valence-electron chi connectivity index (χ4n) is 4.11. The minimum Gasteiger partial charge on any atom is -0.456 e. The van der Waals surface area contributed by atoms with Crippen molar-refractivity contribution >= 4 is 27.8 Å². The minimum absolute atomic E-state index is 0.325. The van der Waals surface area contributed by atoms with Gasteiger partial charge in [0.25, 0.3) is 0 Å². The SMILES string of the molecule is O=C(C1CC1)N1CCCN(Cc2cccc3c2oc2ccccc23)CC1. The van der Waals surface area contributed by atoms with Crippen LogP contribution in [-0.4, -0.2) is 41.9 Å². The molecule has 0 unspecified atom stereocenters. The van der Waals surface area contributed by atoms with Gasteiger partial charge in [0.15, 0.2) is 0 Å². The second kappa shape index (κ2) is 6.44. The van der Waals surface area contributed by atoms with E-state index in [0.29, 0.717) is 11.8 Å². The molecule has 26 heavy (non-hydrogen) atoms. The van der Waals surface area contributed by atoms with Gasteiger partial charge in [-0.3, -0.25) is 9.69 Å². The first-order valence-electron chi connectivity index (χ1n) is 9.70. The average molecular weight is 348 g/mol. The van der Waals surface area contributed by atoms with Crippen molar-refractivity contribution in [1.82, 2.24) is 9.80 Å². The molecule has 4 nitrogen and oxygen atoms in total. The van der Waals surface area contributed by atoms with Crippen molar-refractivity contribution in [2.45, 2.75) is 25.8 Å². The molecule has 0 N–H and O–H groups in total. The van der Waals surface area contributed by atoms with Gasteiger partial charge in [-0.25, -0.2) is 0 Å². The lowest BCUT2D eigenvalue weighted by atomic mass is 10.1. The molecule has 1 aliphatic carbocycles. The highest BCUT2D eigenvalue weighted by atomic mass is 16.3. The van der Waals surface area contributed by atoms with Crippen LogP contribution in [0.1, 0.15) is 24.8 Å². The molecule has 5 rings (SSSR count). The van der Waals surface area contributed by atoms with E-state index in [0.717, 1.165) is 63.2 Å². The summed E-state index contributed by atoms with van der Waals surface area (Å²) in [5.41, 5.74) is 3.19. The first-order valence-corrected chi connectivity index (χ1v) is 9.70. The number of benzene rings is 2. The lowest BCUT2D eigenvalue weighted by Crippen LogP contribution is -2.36. The third-order valence-corrected chi connectivity index (χ3v) is 5.71. The normalized spacial score (nSPS) is 19.2. The highest BCUT2D eigenvalue weighted by molar-refractivity contribution is 6.05. The number of amides is 1. The summed E-state index contributed by atoms with van der Waals surface area (Å²) in [6.45, 7) is 4.61. The van der Waals surface area contributed by atoms with Crippen molar-refractivity contribution in [3.05, 3.63) is 48.0 Å². The Morgan fingerprint density at radius 1 is 0.962 bits per heavy atom. The van der Waals surface area contributed by atoms with E-state index >= 15 is 0 Å². The number of nitrogens with zero attached hydrogens (tertiary/aromatic N) is 2. The second-order valence-corrected chi connectivity index (χ2v) is 7.62. The fraction of sp³-hybridized carbons (Fsp3) is 0.409. The zero-order valence-corrected chi connectivity index (χ0v) is 15.0. The van der Waals surface area contributed by atoms with Crippen LogP contribution in [0.4, 0.5) is 0 Å². The van der Waals surface area contributed by atoms with E-state index in [9.17, 15) is 4.79 Å². The Labute approximate surface area is 153 Å². The average Bonchev–Trinajstić information content (AvgIpc) is 3.47. The quantitative estimate of drug-likeness (QED) is 0.717. The van der Waals surface area contributed by atoms with Crippen LogP contribution in [0.15, 0.2) is 46.9 Å². The Morgan fingerprint density at radius 2 is 1.81 bits per heavy atom. The molecule has 1 aromatic heterocycles. The van der Waals surface area contributed by atoms with Gasteiger partial charge in [0, 0.05) is 55.0 Å². The lowest BCUT2D eigenvalue weighted by Gasteiger charge is -2.22. The molecule has 2 aliphatic rings. The van der Waals surface area contributed by atoms with Crippen LogP contribution in [0, 0.1) is 5.92 Å². The molecule has 2 heterocycles. The topological polar surface area (TPSA) is 36.7 Å². The molecule has 0 spiro atoms. The molecule has 0 bridgehead atoms. The Balaban J connectivity index is 1.36. The van der Waals surface area contributed by atoms with Gasteiger partial charge in [0.05, 0.1) is 0 Å². The van der Waals surface area contributed by atoms with E-state index in [1.54, 1.807) is 0 Å². The molecule has 0 atom stereocenters. The first-order chi connectivity index (χ1) is 12.8. The summed E-state index contributed by atoms with van der Waals surface area (Å²) in [4.78, 5) is 16.9. The molecule has 1 aliphatic heterocycles. The number of fused-ring (bicyclic) bond motifs is 3. The summed E-state index contributed by atoms with van der Waals surface area (Å²) in [6, 6.07) is 14.7. The van der Waals surface area contributed by atoms with Gasteiger partial charge in [-0.1, -0.05) is 36.4 Å². The highest BCUT2D eigenvalue weighted by Gasteiger charge is 2.33. The van der Waals surface area contributed by atoms with Gasteiger partial charge in [-0.2, -0.15) is 0 Å². The van der Waals surface area contributed by atoms with Gasteiger partial charge in [-0.05, 0) is 25.3 Å². The second-order valence-electron chi connectivity index (χ2n) is 7.62. The smallest absolute Gasteiger partial charge is 0.225 e. The molecule has 1 saturated heterocycles. The van der Waals surface area contributed by atoms with Crippen LogP contribution in [0.3, 0.4) is 0 Å². The van der Waals surface area contributed by atoms with Gasteiger partial charge in [0.2, 0.25) is 5.91 Å². The van der Waals surface area contributed by atoms with Crippen molar-refractivity contribution < 1.29 is 9.21 Å². The molecule has 2 fully saturated rings. The number of hydrogen-bond acceptors (Lipinski definition) is 3. The Morgan fingerprint density at radius 3 is 2.69 bits per heavy atom. The molecule has 1 saturated carbocycles. The van der Waals surface area contributed by atoms with Gasteiger partial charge >= 0.3 is 0 Å². The van der Waals surface area contributed by atoms with E-state index in [1.807, 2.05) is 12.1 Å². The predicted molar refractivity (Wildman–Crippen MR) is 103 cm³/mol. The van der Waals surface area contributed by atoms with Crippen LogP contribution >= 0.6 is 0 Å². The number of para-hydroxylation sites is 2. The van der Waals surface area contributed by atoms with E-state index in [-0.39, 0.29) is 0 Å². The summed E-state index contributed by atoms with van der Waals surface area (Å²) in [6.07, 6.45) is 3.23. The monoisotopic (exact) mass is 348 g/mol. The number of carbonyl (C=O) groups is 1. The van der Waals surface area contributed by atoms with E-state index in [2.05, 4.69) is 40.1 Å². The van der Waals surface area contributed by atoms with Gasteiger partial charge < -0.3 is 9.32 Å². The van der Waals surface area contributed by atoms with E-state index < -0.39 is 0 Å². The minimum atomic E-state index is 0.325. The van der Waals surface area contributed by atoms with Crippen LogP contribution < -0.4 is 0 Å². The number of rotatable bonds is 3. The van der Waals surface area contributed by atoms with Crippen molar-refractivity contribution in [2.75, 3.05) is 26.2 Å². The maximum atomic E-state index is 12.3. The predicted octanol–water partition coefficient (Wildman–Crippen LogP) is 4.03. The largest absolute Gasteiger partial charge is 0.456 e. The molecular formula is C22H24N2O2. The standard InChI is InChI=1S/C22H24N2O2/c25-22(16-9-10-16)24-12-4-11-23(13-14-24)15-17-5-3-7-19-18-6-1-2-8-20(18)26-21(17)19/h1-3,5-8,16H,4,9-15H2. The van der Waals surface area contributed by atoms with Crippen LogP contribution in [0.25, 0.3) is 21.9 Å². The van der Waals surface area contributed by atoms with Crippen molar-refractivity contribution in [2.24, 2.45) is 5.92 Å². The molecule has 3 aromatic rings. The first kappa shape index (κ1) is 15.9. The van der Waals surface area contributed by atoms with Crippen LogP contribution in [0.2, 0.25) is 0 Å². The third-order valence-electron chi connectivity index (χ3n) is 5.71. The summed E-state index contributed by atoms with van der Waals surface area (Å²) in [5, 5.41) is 2.37. The molecule has 2 aromatic carbocycles.